The Hall–Kier alpha value is -0.0800. The molecule has 2 heteroatoms. The molecule has 84 valence electrons. The summed E-state index contributed by atoms with van der Waals surface area (Å²) < 4.78 is 5.10. The van der Waals surface area contributed by atoms with E-state index in [1.165, 1.54) is 25.9 Å². The molecule has 1 aliphatic rings. The summed E-state index contributed by atoms with van der Waals surface area (Å²) in [5.74, 6) is 0.909. The molecule has 2 nitrogen and oxygen atoms in total. The highest BCUT2D eigenvalue weighted by Crippen LogP contribution is 2.29. The van der Waals surface area contributed by atoms with Crippen molar-refractivity contribution in [1.82, 2.24) is 4.90 Å². The fraction of sp³-hybridized carbons (Fsp3) is 1.00. The van der Waals surface area contributed by atoms with Crippen molar-refractivity contribution in [2.45, 2.75) is 33.6 Å². The summed E-state index contributed by atoms with van der Waals surface area (Å²) in [7, 11) is 1.78. The first-order chi connectivity index (χ1) is 6.51. The van der Waals surface area contributed by atoms with Crippen molar-refractivity contribution in [3.63, 3.8) is 0 Å². The summed E-state index contributed by atoms with van der Waals surface area (Å²) in [6, 6.07) is 0. The fourth-order valence-corrected chi connectivity index (χ4v) is 2.37. The van der Waals surface area contributed by atoms with Gasteiger partial charge in [0.1, 0.15) is 0 Å². The zero-order chi connectivity index (χ0) is 10.6. The van der Waals surface area contributed by atoms with Crippen LogP contribution in [0.1, 0.15) is 33.6 Å². The molecule has 0 aromatic carbocycles. The molecular weight excluding hydrogens is 174 g/mol. The number of ether oxygens (including phenoxy) is 1. The normalized spacial score (nSPS) is 24.4. The number of methoxy groups -OCH3 is 1. The molecule has 0 aliphatic carbocycles. The van der Waals surface area contributed by atoms with Crippen LogP contribution in [0, 0.1) is 11.3 Å². The van der Waals surface area contributed by atoms with Crippen molar-refractivity contribution in [3.05, 3.63) is 0 Å². The Morgan fingerprint density at radius 1 is 1.36 bits per heavy atom. The van der Waals surface area contributed by atoms with Crippen LogP contribution in [0.4, 0.5) is 0 Å². The predicted octanol–water partition coefficient (Wildman–Crippen LogP) is 2.39. The molecule has 0 aromatic rings. The summed E-state index contributed by atoms with van der Waals surface area (Å²) in [4.78, 5) is 2.53. The predicted molar refractivity (Wildman–Crippen MR) is 60.5 cm³/mol. The van der Waals surface area contributed by atoms with Gasteiger partial charge in [0.25, 0.3) is 0 Å². The van der Waals surface area contributed by atoms with E-state index >= 15 is 0 Å². The van der Waals surface area contributed by atoms with E-state index in [1.54, 1.807) is 7.11 Å². The quantitative estimate of drug-likeness (QED) is 0.689. The van der Waals surface area contributed by atoms with E-state index < -0.39 is 0 Å². The van der Waals surface area contributed by atoms with E-state index in [4.69, 9.17) is 4.74 Å². The van der Waals surface area contributed by atoms with Crippen molar-refractivity contribution < 1.29 is 4.74 Å². The largest absolute Gasteiger partial charge is 0.383 e. The molecule has 1 heterocycles. The second-order valence-electron chi connectivity index (χ2n) is 5.71. The van der Waals surface area contributed by atoms with Crippen molar-refractivity contribution in [1.29, 1.82) is 0 Å². The van der Waals surface area contributed by atoms with Gasteiger partial charge < -0.3 is 9.64 Å². The summed E-state index contributed by atoms with van der Waals surface area (Å²) in [5, 5.41) is 0. The molecule has 1 rings (SSSR count). The standard InChI is InChI=1S/C12H25NO/c1-12(2,3)9-11-5-6-13(10-11)7-8-14-4/h11H,5-10H2,1-4H3. The Bertz CT molecular complexity index is 162. The molecular formula is C12H25NO. The summed E-state index contributed by atoms with van der Waals surface area (Å²) >= 11 is 0. The van der Waals surface area contributed by atoms with E-state index in [9.17, 15) is 0 Å². The molecule has 0 saturated carbocycles. The van der Waals surface area contributed by atoms with Gasteiger partial charge in [-0.3, -0.25) is 0 Å². The van der Waals surface area contributed by atoms with Gasteiger partial charge in [-0.15, -0.1) is 0 Å². The van der Waals surface area contributed by atoms with Gasteiger partial charge in [-0.1, -0.05) is 20.8 Å². The van der Waals surface area contributed by atoms with Gasteiger partial charge in [-0.2, -0.15) is 0 Å². The molecule has 0 spiro atoms. The smallest absolute Gasteiger partial charge is 0.0589 e. The third-order valence-electron chi connectivity index (χ3n) is 2.88. The average molecular weight is 199 g/mol. The minimum absolute atomic E-state index is 0.488. The Kier molecular flexibility index (Phi) is 4.39. The Balaban J connectivity index is 2.20. The molecule has 0 radical (unpaired) electrons. The lowest BCUT2D eigenvalue weighted by molar-refractivity contribution is 0.157. The van der Waals surface area contributed by atoms with Crippen molar-refractivity contribution in [2.24, 2.45) is 11.3 Å². The van der Waals surface area contributed by atoms with E-state index in [2.05, 4.69) is 25.7 Å². The molecule has 0 N–H and O–H groups in total. The van der Waals surface area contributed by atoms with E-state index in [-0.39, 0.29) is 0 Å². The molecule has 0 aromatic heterocycles. The van der Waals surface area contributed by atoms with E-state index in [1.807, 2.05) is 0 Å². The highest BCUT2D eigenvalue weighted by Gasteiger charge is 2.25. The number of nitrogens with zero attached hydrogens (tertiary/aromatic N) is 1. The number of likely N-dealkylation sites (tertiary alicyclic amines) is 1. The first kappa shape index (κ1) is 12.0. The lowest BCUT2D eigenvalue weighted by Crippen LogP contribution is -2.25. The third kappa shape index (κ3) is 4.43. The maximum Gasteiger partial charge on any atom is 0.0589 e. The maximum absolute atomic E-state index is 5.10. The van der Waals surface area contributed by atoms with Crippen molar-refractivity contribution in [3.8, 4) is 0 Å². The van der Waals surface area contributed by atoms with Crippen LogP contribution in [-0.2, 0) is 4.74 Å². The van der Waals surface area contributed by atoms with Crippen molar-refractivity contribution in [2.75, 3.05) is 33.4 Å². The lowest BCUT2D eigenvalue weighted by atomic mass is 9.84. The third-order valence-corrected chi connectivity index (χ3v) is 2.88. The van der Waals surface area contributed by atoms with Crippen LogP contribution in [0.5, 0.6) is 0 Å². The maximum atomic E-state index is 5.10. The summed E-state index contributed by atoms with van der Waals surface area (Å²) in [5.41, 5.74) is 0.488. The molecule has 1 aliphatic heterocycles. The Labute approximate surface area is 88.6 Å². The van der Waals surface area contributed by atoms with Crippen LogP contribution in [0.3, 0.4) is 0 Å². The Morgan fingerprint density at radius 3 is 2.64 bits per heavy atom. The van der Waals surface area contributed by atoms with Crippen LogP contribution in [0.2, 0.25) is 0 Å². The molecule has 1 unspecified atom stereocenters. The van der Waals surface area contributed by atoms with Gasteiger partial charge in [0.2, 0.25) is 0 Å². The topological polar surface area (TPSA) is 12.5 Å². The first-order valence-electron chi connectivity index (χ1n) is 5.72. The van der Waals surface area contributed by atoms with Crippen LogP contribution in [0.15, 0.2) is 0 Å². The molecule has 0 bridgehead atoms. The van der Waals surface area contributed by atoms with Gasteiger partial charge in [-0.05, 0) is 30.7 Å². The summed E-state index contributed by atoms with van der Waals surface area (Å²) in [6.45, 7) is 11.5. The molecule has 1 atom stereocenters. The second kappa shape index (κ2) is 5.13. The molecule has 1 fully saturated rings. The molecule has 14 heavy (non-hydrogen) atoms. The number of rotatable bonds is 4. The highest BCUT2D eigenvalue weighted by atomic mass is 16.5. The lowest BCUT2D eigenvalue weighted by Gasteiger charge is -2.23. The zero-order valence-electron chi connectivity index (χ0n) is 10.2. The van der Waals surface area contributed by atoms with Crippen LogP contribution in [0.25, 0.3) is 0 Å². The van der Waals surface area contributed by atoms with Crippen LogP contribution >= 0.6 is 0 Å². The van der Waals surface area contributed by atoms with Gasteiger partial charge >= 0.3 is 0 Å². The van der Waals surface area contributed by atoms with Gasteiger partial charge in [-0.25, -0.2) is 0 Å². The second-order valence-corrected chi connectivity index (χ2v) is 5.71. The monoisotopic (exact) mass is 199 g/mol. The number of hydrogen-bond donors (Lipinski definition) is 0. The van der Waals surface area contributed by atoms with Gasteiger partial charge in [0.05, 0.1) is 6.61 Å². The Morgan fingerprint density at radius 2 is 2.07 bits per heavy atom. The van der Waals surface area contributed by atoms with E-state index in [0.717, 1.165) is 19.1 Å². The SMILES string of the molecule is COCCN1CCC(CC(C)(C)C)C1. The van der Waals surface area contributed by atoms with Gasteiger partial charge in [0, 0.05) is 20.2 Å². The fourth-order valence-electron chi connectivity index (χ4n) is 2.37. The van der Waals surface area contributed by atoms with Crippen LogP contribution in [-0.4, -0.2) is 38.3 Å². The van der Waals surface area contributed by atoms with E-state index in [0.29, 0.717) is 5.41 Å². The molecule has 1 saturated heterocycles. The average Bonchev–Trinajstić information content (AvgIpc) is 2.46. The summed E-state index contributed by atoms with van der Waals surface area (Å²) in [6.07, 6.45) is 2.73. The first-order valence-corrected chi connectivity index (χ1v) is 5.72. The minimum atomic E-state index is 0.488. The van der Waals surface area contributed by atoms with Crippen molar-refractivity contribution >= 4 is 0 Å². The highest BCUT2D eigenvalue weighted by molar-refractivity contribution is 4.79. The van der Waals surface area contributed by atoms with Gasteiger partial charge in [0.15, 0.2) is 0 Å². The zero-order valence-corrected chi connectivity index (χ0v) is 10.2. The minimum Gasteiger partial charge on any atom is -0.383 e. The van der Waals surface area contributed by atoms with Crippen LogP contribution < -0.4 is 0 Å². The number of hydrogen-bond acceptors (Lipinski definition) is 2. The molecule has 0 amide bonds.